The molecule has 1 aliphatic carbocycles. The minimum atomic E-state index is -0.317. The lowest BCUT2D eigenvalue weighted by atomic mass is 9.98. The molecule has 0 spiro atoms. The van der Waals surface area contributed by atoms with Crippen LogP contribution >= 0.6 is 11.8 Å². The second-order valence-corrected chi connectivity index (χ2v) is 6.70. The van der Waals surface area contributed by atoms with Crippen molar-refractivity contribution < 1.29 is 9.53 Å². The van der Waals surface area contributed by atoms with Gasteiger partial charge in [0.05, 0.1) is 11.9 Å². The predicted octanol–water partition coefficient (Wildman–Crippen LogP) is 1.04. The van der Waals surface area contributed by atoms with Crippen molar-refractivity contribution in [1.29, 1.82) is 0 Å². The summed E-state index contributed by atoms with van der Waals surface area (Å²) in [5.41, 5.74) is 1.79. The van der Waals surface area contributed by atoms with Crippen molar-refractivity contribution in [2.45, 2.75) is 49.7 Å². The molecule has 7 heteroatoms. The molecular formula is C15H21N3O3S. The zero-order valence-electron chi connectivity index (χ0n) is 12.5. The van der Waals surface area contributed by atoms with E-state index in [0.717, 1.165) is 56.4 Å². The molecule has 1 aliphatic heterocycles. The standard InChI is InChI=1S/C15H21N3O3S/c19-13(16-8-10-4-3-7-21-10)9-22-14-11-5-1-2-6-12(11)17-15(20)18-14/h10H,1-9H2,(H,16,19)(H,17,18,20). The Morgan fingerprint density at radius 3 is 3.05 bits per heavy atom. The second-order valence-electron chi connectivity index (χ2n) is 5.74. The number of thioether (sulfide) groups is 1. The van der Waals surface area contributed by atoms with Crippen LogP contribution in [0.25, 0.3) is 0 Å². The van der Waals surface area contributed by atoms with Crippen molar-refractivity contribution in [1.82, 2.24) is 15.3 Å². The first kappa shape index (κ1) is 15.6. The molecule has 3 rings (SSSR count). The fourth-order valence-electron chi connectivity index (χ4n) is 2.93. The zero-order valence-corrected chi connectivity index (χ0v) is 13.3. The summed E-state index contributed by atoms with van der Waals surface area (Å²) in [4.78, 5) is 30.4. The van der Waals surface area contributed by atoms with Crippen LogP contribution in [0.1, 0.15) is 36.9 Å². The number of aromatic nitrogens is 2. The molecule has 120 valence electrons. The van der Waals surface area contributed by atoms with Gasteiger partial charge in [0, 0.05) is 24.4 Å². The number of amides is 1. The van der Waals surface area contributed by atoms with Crippen molar-refractivity contribution in [3.63, 3.8) is 0 Å². The molecule has 0 bridgehead atoms. The Bertz CT molecular complexity index is 596. The third kappa shape index (κ3) is 3.89. The highest BCUT2D eigenvalue weighted by Crippen LogP contribution is 2.26. The van der Waals surface area contributed by atoms with Crippen molar-refractivity contribution in [3.05, 3.63) is 21.7 Å². The zero-order chi connectivity index (χ0) is 15.4. The Morgan fingerprint density at radius 1 is 1.36 bits per heavy atom. The highest BCUT2D eigenvalue weighted by Gasteiger charge is 2.19. The Hall–Kier alpha value is -1.34. The minimum absolute atomic E-state index is 0.0351. The fraction of sp³-hybridized carbons (Fsp3) is 0.667. The lowest BCUT2D eigenvalue weighted by molar-refractivity contribution is -0.119. The molecule has 1 amide bonds. The van der Waals surface area contributed by atoms with Crippen LogP contribution in [0.5, 0.6) is 0 Å². The number of H-pyrrole nitrogens is 1. The van der Waals surface area contributed by atoms with Gasteiger partial charge in [0.15, 0.2) is 0 Å². The molecule has 2 heterocycles. The largest absolute Gasteiger partial charge is 0.376 e. The average Bonchev–Trinajstić information content (AvgIpc) is 3.04. The number of hydrogen-bond acceptors (Lipinski definition) is 5. The van der Waals surface area contributed by atoms with Gasteiger partial charge in [0.25, 0.3) is 0 Å². The monoisotopic (exact) mass is 323 g/mol. The summed E-state index contributed by atoms with van der Waals surface area (Å²) in [6.07, 6.45) is 6.26. The molecule has 2 N–H and O–H groups in total. The maximum atomic E-state index is 11.9. The van der Waals surface area contributed by atoms with Gasteiger partial charge in [-0.15, -0.1) is 0 Å². The maximum Gasteiger partial charge on any atom is 0.346 e. The molecule has 1 aromatic heterocycles. The highest BCUT2D eigenvalue weighted by molar-refractivity contribution is 7.99. The lowest BCUT2D eigenvalue weighted by Crippen LogP contribution is -2.33. The van der Waals surface area contributed by atoms with E-state index in [1.54, 1.807) is 0 Å². The number of hydrogen-bond donors (Lipinski definition) is 2. The van der Waals surface area contributed by atoms with Crippen LogP contribution in [-0.2, 0) is 22.4 Å². The summed E-state index contributed by atoms with van der Waals surface area (Å²) in [6.45, 7) is 1.36. The molecule has 0 radical (unpaired) electrons. The van der Waals surface area contributed by atoms with Gasteiger partial charge >= 0.3 is 5.69 Å². The summed E-state index contributed by atoms with van der Waals surface area (Å²) >= 11 is 1.36. The van der Waals surface area contributed by atoms with Gasteiger partial charge in [-0.1, -0.05) is 11.8 Å². The number of fused-ring (bicyclic) bond motifs is 1. The Morgan fingerprint density at radius 2 is 2.23 bits per heavy atom. The van der Waals surface area contributed by atoms with E-state index in [4.69, 9.17) is 4.74 Å². The number of aromatic amines is 1. The van der Waals surface area contributed by atoms with Gasteiger partial charge in [-0.3, -0.25) is 4.79 Å². The first-order chi connectivity index (χ1) is 10.7. The quantitative estimate of drug-likeness (QED) is 0.625. The third-order valence-electron chi connectivity index (χ3n) is 4.08. The van der Waals surface area contributed by atoms with Gasteiger partial charge in [-0.05, 0) is 38.5 Å². The van der Waals surface area contributed by atoms with E-state index in [0.29, 0.717) is 11.6 Å². The number of aryl methyl sites for hydroxylation is 1. The van der Waals surface area contributed by atoms with Gasteiger partial charge in [0.1, 0.15) is 5.03 Å². The van der Waals surface area contributed by atoms with E-state index < -0.39 is 0 Å². The van der Waals surface area contributed by atoms with Gasteiger partial charge in [-0.2, -0.15) is 4.98 Å². The molecule has 2 aliphatic rings. The molecular weight excluding hydrogens is 302 g/mol. The first-order valence-corrected chi connectivity index (χ1v) is 8.84. The van der Waals surface area contributed by atoms with Gasteiger partial charge in [-0.25, -0.2) is 4.79 Å². The van der Waals surface area contributed by atoms with Crippen molar-refractivity contribution in [2.75, 3.05) is 18.9 Å². The average molecular weight is 323 g/mol. The van der Waals surface area contributed by atoms with Crippen molar-refractivity contribution in [3.8, 4) is 0 Å². The number of ether oxygens (including phenoxy) is 1. The summed E-state index contributed by atoms with van der Waals surface area (Å²) < 4.78 is 5.48. The normalized spacial score (nSPS) is 20.6. The van der Waals surface area contributed by atoms with Crippen LogP contribution in [0.15, 0.2) is 9.82 Å². The number of carbonyl (C=O) groups is 1. The van der Waals surface area contributed by atoms with E-state index in [9.17, 15) is 9.59 Å². The molecule has 1 atom stereocenters. The number of rotatable bonds is 5. The SMILES string of the molecule is O=C(CSc1nc(=O)[nH]c2c1CCCC2)NCC1CCCO1. The van der Waals surface area contributed by atoms with Crippen molar-refractivity contribution in [2.24, 2.45) is 0 Å². The topological polar surface area (TPSA) is 84.1 Å². The number of nitrogens with zero attached hydrogens (tertiary/aromatic N) is 1. The lowest BCUT2D eigenvalue weighted by Gasteiger charge is -2.17. The number of carbonyl (C=O) groups excluding carboxylic acids is 1. The van der Waals surface area contributed by atoms with E-state index in [-0.39, 0.29) is 23.5 Å². The van der Waals surface area contributed by atoms with E-state index in [1.165, 1.54) is 11.8 Å². The molecule has 22 heavy (non-hydrogen) atoms. The van der Waals surface area contributed by atoms with Gasteiger partial charge < -0.3 is 15.0 Å². The van der Waals surface area contributed by atoms with Crippen molar-refractivity contribution >= 4 is 17.7 Å². The molecule has 1 aromatic rings. The van der Waals surface area contributed by atoms with E-state index in [2.05, 4.69) is 15.3 Å². The van der Waals surface area contributed by atoms with Gasteiger partial charge in [0.2, 0.25) is 5.91 Å². The van der Waals surface area contributed by atoms with E-state index >= 15 is 0 Å². The fourth-order valence-corrected chi connectivity index (χ4v) is 3.85. The Balaban J connectivity index is 1.55. The summed E-state index contributed by atoms with van der Waals surface area (Å²) in [5.74, 6) is 0.252. The molecule has 0 saturated carbocycles. The van der Waals surface area contributed by atoms with E-state index in [1.807, 2.05) is 0 Å². The Kier molecular flexibility index (Phi) is 5.15. The molecule has 1 unspecified atom stereocenters. The number of nitrogens with one attached hydrogen (secondary N) is 2. The molecule has 1 fully saturated rings. The second kappa shape index (κ2) is 7.28. The smallest absolute Gasteiger partial charge is 0.346 e. The highest BCUT2D eigenvalue weighted by atomic mass is 32.2. The summed E-state index contributed by atoms with van der Waals surface area (Å²) in [6, 6.07) is 0. The minimum Gasteiger partial charge on any atom is -0.376 e. The summed E-state index contributed by atoms with van der Waals surface area (Å²) in [7, 11) is 0. The third-order valence-corrected chi connectivity index (χ3v) is 5.10. The molecule has 0 aromatic carbocycles. The molecule has 1 saturated heterocycles. The molecule has 6 nitrogen and oxygen atoms in total. The summed E-state index contributed by atoms with van der Waals surface area (Å²) in [5, 5.41) is 3.60. The maximum absolute atomic E-state index is 11.9. The van der Waals surface area contributed by atoms with Crippen LogP contribution in [-0.4, -0.2) is 40.9 Å². The van der Waals surface area contributed by atoms with Crippen LogP contribution in [0.3, 0.4) is 0 Å². The van der Waals surface area contributed by atoms with Crippen LogP contribution < -0.4 is 11.0 Å². The van der Waals surface area contributed by atoms with Crippen LogP contribution in [0, 0.1) is 0 Å². The Labute approximate surface area is 133 Å². The first-order valence-electron chi connectivity index (χ1n) is 7.85. The predicted molar refractivity (Wildman–Crippen MR) is 84.2 cm³/mol. The van der Waals surface area contributed by atoms with Crippen LogP contribution in [0.2, 0.25) is 0 Å². The van der Waals surface area contributed by atoms with Crippen LogP contribution in [0.4, 0.5) is 0 Å².